The molecule has 2 heterocycles. The van der Waals surface area contributed by atoms with E-state index >= 15 is 0 Å². The molecule has 3 heteroatoms. The maximum Gasteiger partial charge on any atom is 0.0270 e. The summed E-state index contributed by atoms with van der Waals surface area (Å²) in [6.07, 6.45) is 7.50. The van der Waals surface area contributed by atoms with Gasteiger partial charge in [-0.25, -0.2) is 0 Å². The third-order valence-electron chi connectivity index (χ3n) is 4.10. The van der Waals surface area contributed by atoms with Crippen molar-refractivity contribution in [3.8, 4) is 0 Å². The van der Waals surface area contributed by atoms with Gasteiger partial charge in [0.25, 0.3) is 0 Å². The summed E-state index contributed by atoms with van der Waals surface area (Å²) in [7, 11) is 2.22. The summed E-state index contributed by atoms with van der Waals surface area (Å²) >= 11 is 0. The smallest absolute Gasteiger partial charge is 0.0270 e. The second-order valence-corrected chi connectivity index (χ2v) is 5.49. The molecule has 1 aromatic heterocycles. The van der Waals surface area contributed by atoms with Gasteiger partial charge in [0, 0.05) is 18.4 Å². The minimum atomic E-state index is 0.639. The first-order chi connectivity index (χ1) is 8.75. The zero-order valence-corrected chi connectivity index (χ0v) is 11.6. The molecule has 0 amide bonds. The van der Waals surface area contributed by atoms with Crippen molar-refractivity contribution in [3.63, 3.8) is 0 Å². The highest BCUT2D eigenvalue weighted by Gasteiger charge is 2.21. The van der Waals surface area contributed by atoms with Crippen molar-refractivity contribution >= 4 is 0 Å². The van der Waals surface area contributed by atoms with Crippen molar-refractivity contribution in [2.75, 3.05) is 26.7 Å². The van der Waals surface area contributed by atoms with Gasteiger partial charge in [-0.3, -0.25) is 4.98 Å². The van der Waals surface area contributed by atoms with E-state index in [-0.39, 0.29) is 0 Å². The SMILES string of the molecule is CC(NCCc1ccncc1)C1CCN(C)CC1. The quantitative estimate of drug-likeness (QED) is 0.862. The standard InChI is InChI=1S/C15H25N3/c1-13(15-6-11-18(2)12-7-15)17-10-5-14-3-8-16-9-4-14/h3-4,8-9,13,15,17H,5-7,10-12H2,1-2H3. The number of nitrogens with one attached hydrogen (secondary N) is 1. The predicted octanol–water partition coefficient (Wildman–Crippen LogP) is 1.94. The van der Waals surface area contributed by atoms with Crippen LogP contribution >= 0.6 is 0 Å². The monoisotopic (exact) mass is 247 g/mol. The van der Waals surface area contributed by atoms with E-state index in [1.165, 1.54) is 31.5 Å². The molecule has 2 rings (SSSR count). The fraction of sp³-hybridized carbons (Fsp3) is 0.667. The minimum Gasteiger partial charge on any atom is -0.314 e. The van der Waals surface area contributed by atoms with E-state index in [9.17, 15) is 0 Å². The van der Waals surface area contributed by atoms with Crippen LogP contribution in [0.4, 0.5) is 0 Å². The van der Waals surface area contributed by atoms with Crippen LogP contribution in [0.1, 0.15) is 25.3 Å². The Morgan fingerprint density at radius 1 is 1.33 bits per heavy atom. The Balaban J connectivity index is 1.67. The van der Waals surface area contributed by atoms with Crippen molar-refractivity contribution in [3.05, 3.63) is 30.1 Å². The van der Waals surface area contributed by atoms with Crippen LogP contribution in [-0.4, -0.2) is 42.6 Å². The maximum atomic E-state index is 4.04. The van der Waals surface area contributed by atoms with Crippen molar-refractivity contribution in [2.24, 2.45) is 5.92 Å². The van der Waals surface area contributed by atoms with Crippen molar-refractivity contribution in [1.82, 2.24) is 15.2 Å². The molecule has 0 radical (unpaired) electrons. The summed E-state index contributed by atoms with van der Waals surface area (Å²) in [5.74, 6) is 0.846. The average molecular weight is 247 g/mol. The number of nitrogens with zero attached hydrogens (tertiary/aromatic N) is 2. The molecule has 100 valence electrons. The first-order valence-electron chi connectivity index (χ1n) is 7.06. The molecule has 1 fully saturated rings. The van der Waals surface area contributed by atoms with E-state index in [1.54, 1.807) is 0 Å². The molecular weight excluding hydrogens is 222 g/mol. The number of aromatic nitrogens is 1. The van der Waals surface area contributed by atoms with Crippen LogP contribution in [0.3, 0.4) is 0 Å². The Hall–Kier alpha value is -0.930. The normalized spacial score (nSPS) is 19.9. The van der Waals surface area contributed by atoms with Crippen molar-refractivity contribution < 1.29 is 0 Å². The summed E-state index contributed by atoms with van der Waals surface area (Å²) < 4.78 is 0. The summed E-state index contributed by atoms with van der Waals surface area (Å²) in [6, 6.07) is 4.84. The molecular formula is C15H25N3. The highest BCUT2D eigenvalue weighted by Crippen LogP contribution is 2.19. The third kappa shape index (κ3) is 4.07. The highest BCUT2D eigenvalue weighted by molar-refractivity contribution is 5.09. The van der Waals surface area contributed by atoms with E-state index in [4.69, 9.17) is 0 Å². The van der Waals surface area contributed by atoms with Gasteiger partial charge in [0.1, 0.15) is 0 Å². The summed E-state index contributed by atoms with van der Waals surface area (Å²) in [5.41, 5.74) is 1.37. The van der Waals surface area contributed by atoms with Crippen LogP contribution in [0.2, 0.25) is 0 Å². The van der Waals surface area contributed by atoms with Gasteiger partial charge in [-0.2, -0.15) is 0 Å². The van der Waals surface area contributed by atoms with E-state index in [0.29, 0.717) is 6.04 Å². The van der Waals surface area contributed by atoms with Crippen LogP contribution < -0.4 is 5.32 Å². The van der Waals surface area contributed by atoms with Gasteiger partial charge < -0.3 is 10.2 Å². The lowest BCUT2D eigenvalue weighted by Crippen LogP contribution is -2.41. The van der Waals surface area contributed by atoms with Crippen LogP contribution in [0, 0.1) is 5.92 Å². The van der Waals surface area contributed by atoms with Gasteiger partial charge in [0.05, 0.1) is 0 Å². The molecule has 3 nitrogen and oxygen atoms in total. The van der Waals surface area contributed by atoms with Crippen LogP contribution in [0.5, 0.6) is 0 Å². The Bertz CT molecular complexity index is 331. The second-order valence-electron chi connectivity index (χ2n) is 5.49. The van der Waals surface area contributed by atoms with Gasteiger partial charge in [-0.05, 0) is 76.5 Å². The number of hydrogen-bond donors (Lipinski definition) is 1. The second kappa shape index (κ2) is 6.86. The molecule has 1 N–H and O–H groups in total. The molecule has 1 atom stereocenters. The van der Waals surface area contributed by atoms with E-state index < -0.39 is 0 Å². The predicted molar refractivity (Wildman–Crippen MR) is 75.6 cm³/mol. The van der Waals surface area contributed by atoms with Crippen molar-refractivity contribution in [2.45, 2.75) is 32.2 Å². The number of piperidine rings is 1. The summed E-state index contributed by atoms with van der Waals surface area (Å²) in [5, 5.41) is 3.68. The largest absolute Gasteiger partial charge is 0.314 e. The maximum absolute atomic E-state index is 4.04. The average Bonchev–Trinajstić information content (AvgIpc) is 2.40. The summed E-state index contributed by atoms with van der Waals surface area (Å²) in [6.45, 7) is 5.90. The van der Waals surface area contributed by atoms with Crippen molar-refractivity contribution in [1.29, 1.82) is 0 Å². The molecule has 0 aliphatic carbocycles. The molecule has 0 saturated carbocycles. The lowest BCUT2D eigenvalue weighted by Gasteiger charge is -2.33. The van der Waals surface area contributed by atoms with E-state index in [1.807, 2.05) is 12.4 Å². The van der Waals surface area contributed by atoms with Gasteiger partial charge >= 0.3 is 0 Å². The van der Waals surface area contributed by atoms with Crippen LogP contribution in [0.25, 0.3) is 0 Å². The Morgan fingerprint density at radius 3 is 2.67 bits per heavy atom. The molecule has 0 bridgehead atoms. The fourth-order valence-corrected chi connectivity index (χ4v) is 2.69. The Labute approximate surface area is 111 Å². The number of pyridine rings is 1. The van der Waals surface area contributed by atoms with Crippen LogP contribution in [-0.2, 0) is 6.42 Å². The topological polar surface area (TPSA) is 28.2 Å². The molecule has 1 aromatic rings. The molecule has 0 spiro atoms. The first-order valence-corrected chi connectivity index (χ1v) is 7.06. The first kappa shape index (κ1) is 13.5. The van der Waals surface area contributed by atoms with Crippen LogP contribution in [0.15, 0.2) is 24.5 Å². The molecule has 0 aromatic carbocycles. The zero-order valence-electron chi connectivity index (χ0n) is 11.6. The Kier molecular flexibility index (Phi) is 5.14. The number of likely N-dealkylation sites (tertiary alicyclic amines) is 1. The van der Waals surface area contributed by atoms with Gasteiger partial charge in [0.2, 0.25) is 0 Å². The lowest BCUT2D eigenvalue weighted by molar-refractivity contribution is 0.190. The zero-order chi connectivity index (χ0) is 12.8. The Morgan fingerprint density at radius 2 is 2.00 bits per heavy atom. The number of hydrogen-bond acceptors (Lipinski definition) is 3. The minimum absolute atomic E-state index is 0.639. The molecule has 1 aliphatic heterocycles. The highest BCUT2D eigenvalue weighted by atomic mass is 15.1. The van der Waals surface area contributed by atoms with Gasteiger partial charge in [-0.1, -0.05) is 0 Å². The third-order valence-corrected chi connectivity index (χ3v) is 4.10. The summed E-state index contributed by atoms with van der Waals surface area (Å²) in [4.78, 5) is 6.47. The molecule has 18 heavy (non-hydrogen) atoms. The van der Waals surface area contributed by atoms with E-state index in [2.05, 4.69) is 41.3 Å². The lowest BCUT2D eigenvalue weighted by atomic mass is 9.90. The number of rotatable bonds is 5. The molecule has 1 aliphatic rings. The van der Waals surface area contributed by atoms with Gasteiger partial charge in [0.15, 0.2) is 0 Å². The molecule has 1 unspecified atom stereocenters. The fourth-order valence-electron chi connectivity index (χ4n) is 2.69. The molecule has 1 saturated heterocycles. The van der Waals surface area contributed by atoms with Gasteiger partial charge in [-0.15, -0.1) is 0 Å². The van der Waals surface area contributed by atoms with E-state index in [0.717, 1.165) is 18.9 Å².